The average molecular weight is 499 g/mol. The lowest BCUT2D eigenvalue weighted by Gasteiger charge is -2.32. The van der Waals surface area contributed by atoms with Crippen LogP contribution in [0.25, 0.3) is 0 Å². The van der Waals surface area contributed by atoms with Gasteiger partial charge in [0.2, 0.25) is 5.91 Å². The number of carbonyl (C=O) groups excluding carboxylic acids is 2. The van der Waals surface area contributed by atoms with Crippen LogP contribution in [-0.4, -0.2) is 54.1 Å². The number of halogens is 3. The highest BCUT2D eigenvalue weighted by Gasteiger charge is 2.24. The van der Waals surface area contributed by atoms with E-state index in [1.165, 1.54) is 23.8 Å². The minimum absolute atomic E-state index is 0.242. The summed E-state index contributed by atoms with van der Waals surface area (Å²) >= 11 is 17.7. The SMILES string of the molecule is O=C(N[C@@H](CO)C(=O)NCC1CCN(Cc2ccc(Cl)cc2)CC1)c1ccc(Cl)c(Cl)c1. The van der Waals surface area contributed by atoms with E-state index in [0.29, 0.717) is 17.5 Å². The van der Waals surface area contributed by atoms with E-state index in [4.69, 9.17) is 34.8 Å². The second kappa shape index (κ2) is 11.9. The quantitative estimate of drug-likeness (QED) is 0.517. The van der Waals surface area contributed by atoms with Gasteiger partial charge >= 0.3 is 0 Å². The molecule has 1 aliphatic rings. The first-order valence-corrected chi connectivity index (χ1v) is 11.6. The second-order valence-electron chi connectivity index (χ2n) is 7.93. The molecule has 0 radical (unpaired) electrons. The highest BCUT2D eigenvalue weighted by molar-refractivity contribution is 6.42. The largest absolute Gasteiger partial charge is 0.394 e. The second-order valence-corrected chi connectivity index (χ2v) is 9.18. The van der Waals surface area contributed by atoms with Gasteiger partial charge < -0.3 is 15.7 Å². The molecule has 1 saturated heterocycles. The van der Waals surface area contributed by atoms with Crippen LogP contribution in [0.5, 0.6) is 0 Å². The van der Waals surface area contributed by atoms with Gasteiger partial charge in [0.15, 0.2) is 0 Å². The van der Waals surface area contributed by atoms with Gasteiger partial charge in [0.05, 0.1) is 16.7 Å². The molecule has 6 nitrogen and oxygen atoms in total. The zero-order chi connectivity index (χ0) is 23.1. The molecule has 1 atom stereocenters. The molecule has 9 heteroatoms. The summed E-state index contributed by atoms with van der Waals surface area (Å²) in [5.74, 6) is -0.566. The molecule has 1 heterocycles. The lowest BCUT2D eigenvalue weighted by molar-refractivity contribution is -0.124. The van der Waals surface area contributed by atoms with Crippen LogP contribution in [0.2, 0.25) is 15.1 Å². The van der Waals surface area contributed by atoms with Gasteiger partial charge in [-0.3, -0.25) is 14.5 Å². The van der Waals surface area contributed by atoms with Gasteiger partial charge in [-0.25, -0.2) is 0 Å². The van der Waals surface area contributed by atoms with E-state index in [0.717, 1.165) is 37.5 Å². The summed E-state index contributed by atoms with van der Waals surface area (Å²) in [6.07, 6.45) is 1.93. The van der Waals surface area contributed by atoms with E-state index in [1.54, 1.807) is 0 Å². The Balaban J connectivity index is 1.42. The first kappa shape index (κ1) is 24.8. The van der Waals surface area contributed by atoms with Gasteiger partial charge in [-0.15, -0.1) is 0 Å². The molecule has 3 rings (SSSR count). The van der Waals surface area contributed by atoms with Gasteiger partial charge in [-0.2, -0.15) is 0 Å². The molecule has 32 heavy (non-hydrogen) atoms. The fraction of sp³-hybridized carbons (Fsp3) is 0.391. The normalized spacial score (nSPS) is 15.9. The Labute approximate surface area is 202 Å². The predicted octanol–water partition coefficient (Wildman–Crippen LogP) is 3.77. The van der Waals surface area contributed by atoms with Crippen molar-refractivity contribution in [2.24, 2.45) is 5.92 Å². The van der Waals surface area contributed by atoms with Crippen LogP contribution in [-0.2, 0) is 11.3 Å². The molecule has 0 saturated carbocycles. The van der Waals surface area contributed by atoms with Gasteiger partial charge in [-0.05, 0) is 67.7 Å². The van der Waals surface area contributed by atoms with Crippen LogP contribution < -0.4 is 10.6 Å². The summed E-state index contributed by atoms with van der Waals surface area (Å²) in [5.41, 5.74) is 1.49. The van der Waals surface area contributed by atoms with E-state index < -0.39 is 24.5 Å². The number of piperidine rings is 1. The van der Waals surface area contributed by atoms with Crippen molar-refractivity contribution < 1.29 is 14.7 Å². The van der Waals surface area contributed by atoms with Crippen molar-refractivity contribution in [1.29, 1.82) is 0 Å². The maximum atomic E-state index is 12.5. The molecule has 1 aliphatic heterocycles. The first-order valence-electron chi connectivity index (χ1n) is 10.5. The number of nitrogens with zero attached hydrogens (tertiary/aromatic N) is 1. The summed E-state index contributed by atoms with van der Waals surface area (Å²) in [5, 5.41) is 16.3. The standard InChI is InChI=1S/C23H26Cl3N3O3/c24-18-4-1-16(2-5-18)13-29-9-7-15(8-10-29)12-27-23(32)21(14-30)28-22(31)17-3-6-19(25)20(26)11-17/h1-6,11,15,21,30H,7-10,12-14H2,(H,27,32)(H,28,31)/t21-/m0/s1. The first-order chi connectivity index (χ1) is 15.4. The fourth-order valence-corrected chi connectivity index (χ4v) is 4.06. The molecule has 0 spiro atoms. The molecule has 2 aromatic carbocycles. The van der Waals surface area contributed by atoms with Crippen molar-refractivity contribution in [3.05, 3.63) is 68.7 Å². The molecule has 0 unspecified atom stereocenters. The Hall–Kier alpha value is -1.83. The summed E-state index contributed by atoms with van der Waals surface area (Å²) in [7, 11) is 0. The number of nitrogens with one attached hydrogen (secondary N) is 2. The zero-order valence-electron chi connectivity index (χ0n) is 17.5. The van der Waals surface area contributed by atoms with E-state index in [-0.39, 0.29) is 10.6 Å². The molecule has 2 amide bonds. The maximum Gasteiger partial charge on any atom is 0.252 e. The third-order valence-corrected chi connectivity index (χ3v) is 6.57. The molecule has 2 aromatic rings. The van der Waals surface area contributed by atoms with Crippen LogP contribution in [0.15, 0.2) is 42.5 Å². The lowest BCUT2D eigenvalue weighted by Crippen LogP contribution is -2.50. The molecule has 172 valence electrons. The molecular weight excluding hydrogens is 473 g/mol. The summed E-state index contributed by atoms with van der Waals surface area (Å²) in [6.45, 7) is 2.77. The van der Waals surface area contributed by atoms with Crippen LogP contribution in [0, 0.1) is 5.92 Å². The molecule has 0 aliphatic carbocycles. The topological polar surface area (TPSA) is 81.7 Å². The van der Waals surface area contributed by atoms with Gasteiger partial charge in [0, 0.05) is 23.7 Å². The molecule has 3 N–H and O–H groups in total. The monoisotopic (exact) mass is 497 g/mol. The highest BCUT2D eigenvalue weighted by Crippen LogP contribution is 2.23. The maximum absolute atomic E-state index is 12.5. The Bertz CT molecular complexity index is 932. The Morgan fingerprint density at radius 2 is 1.72 bits per heavy atom. The summed E-state index contributed by atoms with van der Waals surface area (Å²) < 4.78 is 0. The highest BCUT2D eigenvalue weighted by atomic mass is 35.5. The van der Waals surface area contributed by atoms with Crippen molar-refractivity contribution in [3.63, 3.8) is 0 Å². The van der Waals surface area contributed by atoms with E-state index in [1.807, 2.05) is 24.3 Å². The minimum Gasteiger partial charge on any atom is -0.394 e. The zero-order valence-corrected chi connectivity index (χ0v) is 19.8. The van der Waals surface area contributed by atoms with Crippen LogP contribution >= 0.6 is 34.8 Å². The van der Waals surface area contributed by atoms with Crippen molar-refractivity contribution in [2.75, 3.05) is 26.2 Å². The van der Waals surface area contributed by atoms with E-state index in [2.05, 4.69) is 15.5 Å². The summed E-state index contributed by atoms with van der Waals surface area (Å²) in [4.78, 5) is 27.2. The molecule has 1 fully saturated rings. The van der Waals surface area contributed by atoms with Gasteiger partial charge in [0.25, 0.3) is 5.91 Å². The fourth-order valence-electron chi connectivity index (χ4n) is 3.64. The van der Waals surface area contributed by atoms with E-state index in [9.17, 15) is 14.7 Å². The number of benzene rings is 2. The molecule has 0 bridgehead atoms. The van der Waals surface area contributed by atoms with E-state index >= 15 is 0 Å². The number of amides is 2. The smallest absolute Gasteiger partial charge is 0.252 e. The number of hydrogen-bond acceptors (Lipinski definition) is 4. The number of likely N-dealkylation sites (tertiary alicyclic amines) is 1. The summed E-state index contributed by atoms with van der Waals surface area (Å²) in [6, 6.07) is 11.3. The average Bonchev–Trinajstić information content (AvgIpc) is 2.80. The number of hydrogen-bond donors (Lipinski definition) is 3. The van der Waals surface area contributed by atoms with Crippen molar-refractivity contribution in [2.45, 2.75) is 25.4 Å². The Morgan fingerprint density at radius 3 is 2.34 bits per heavy atom. The van der Waals surface area contributed by atoms with Crippen molar-refractivity contribution in [1.82, 2.24) is 15.5 Å². The molecule has 0 aromatic heterocycles. The van der Waals surface area contributed by atoms with Crippen LogP contribution in [0.4, 0.5) is 0 Å². The Morgan fingerprint density at radius 1 is 1.03 bits per heavy atom. The number of aliphatic hydroxyl groups is 1. The van der Waals surface area contributed by atoms with Crippen LogP contribution in [0.3, 0.4) is 0 Å². The third-order valence-electron chi connectivity index (χ3n) is 5.58. The van der Waals surface area contributed by atoms with Gasteiger partial charge in [-0.1, -0.05) is 46.9 Å². The van der Waals surface area contributed by atoms with Crippen molar-refractivity contribution in [3.8, 4) is 0 Å². The number of aliphatic hydroxyl groups excluding tert-OH is 1. The van der Waals surface area contributed by atoms with Crippen molar-refractivity contribution >= 4 is 46.6 Å². The number of carbonyl (C=O) groups is 2. The van der Waals surface area contributed by atoms with Crippen LogP contribution in [0.1, 0.15) is 28.8 Å². The predicted molar refractivity (Wildman–Crippen MR) is 127 cm³/mol. The Kier molecular flexibility index (Phi) is 9.20. The third kappa shape index (κ3) is 7.09. The molecular formula is C23H26Cl3N3O3. The lowest BCUT2D eigenvalue weighted by atomic mass is 9.96. The van der Waals surface area contributed by atoms with Gasteiger partial charge in [0.1, 0.15) is 6.04 Å². The minimum atomic E-state index is -1.04. The number of rotatable bonds is 8.